The molecule has 0 aliphatic rings. The summed E-state index contributed by atoms with van der Waals surface area (Å²) in [5.41, 5.74) is 6.37. The normalized spacial score (nSPS) is 12.7. The van der Waals surface area contributed by atoms with Gasteiger partial charge < -0.3 is 5.73 Å². The van der Waals surface area contributed by atoms with Crippen LogP contribution < -0.4 is 5.73 Å². The maximum atomic E-state index is 13.6. The van der Waals surface area contributed by atoms with Gasteiger partial charge >= 0.3 is 0 Å². The predicted molar refractivity (Wildman–Crippen MR) is 62.2 cm³/mol. The fourth-order valence-electron chi connectivity index (χ4n) is 1.27. The Hall–Kier alpha value is -0.780. The van der Waals surface area contributed by atoms with Gasteiger partial charge in [0, 0.05) is 21.6 Å². The number of nitrogens with zero attached hydrogens (tertiary/aromatic N) is 1. The summed E-state index contributed by atoms with van der Waals surface area (Å²) in [6.45, 7) is 0. The Kier molecular flexibility index (Phi) is 3.14. The molecule has 1 aromatic carbocycles. The van der Waals surface area contributed by atoms with E-state index in [0.29, 0.717) is 10.0 Å². The van der Waals surface area contributed by atoms with E-state index in [0.717, 1.165) is 5.01 Å². The number of benzene rings is 1. The van der Waals surface area contributed by atoms with Crippen molar-refractivity contribution in [1.82, 2.24) is 4.98 Å². The van der Waals surface area contributed by atoms with Gasteiger partial charge in [-0.2, -0.15) is 0 Å². The predicted octanol–water partition coefficient (Wildman–Crippen LogP) is 3.09. The highest BCUT2D eigenvalue weighted by Crippen LogP contribution is 2.25. The Balaban J connectivity index is 2.38. The largest absolute Gasteiger partial charge is 0.318 e. The third kappa shape index (κ3) is 2.25. The SMILES string of the molecule is NC(c1nccs1)c1ccc(Br)cc1F. The average Bonchev–Trinajstić information content (AvgIpc) is 2.69. The summed E-state index contributed by atoms with van der Waals surface area (Å²) in [6, 6.07) is 4.36. The fraction of sp³-hybridized carbons (Fsp3) is 0.100. The van der Waals surface area contributed by atoms with Crippen molar-refractivity contribution >= 4 is 27.3 Å². The number of rotatable bonds is 2. The van der Waals surface area contributed by atoms with E-state index in [-0.39, 0.29) is 5.82 Å². The van der Waals surface area contributed by atoms with Crippen molar-refractivity contribution in [1.29, 1.82) is 0 Å². The van der Waals surface area contributed by atoms with Crippen LogP contribution in [0.4, 0.5) is 4.39 Å². The lowest BCUT2D eigenvalue weighted by molar-refractivity contribution is 0.598. The second-order valence-electron chi connectivity index (χ2n) is 3.01. The van der Waals surface area contributed by atoms with Gasteiger partial charge in [0.2, 0.25) is 0 Å². The third-order valence-corrected chi connectivity index (χ3v) is 3.37. The van der Waals surface area contributed by atoms with Crippen molar-refractivity contribution in [3.8, 4) is 0 Å². The van der Waals surface area contributed by atoms with Crippen LogP contribution in [0.1, 0.15) is 16.6 Å². The maximum Gasteiger partial charge on any atom is 0.129 e. The standard InChI is InChI=1S/C10H8BrFN2S/c11-6-1-2-7(8(12)5-6)9(13)10-14-3-4-15-10/h1-5,9H,13H2. The number of hydrogen-bond donors (Lipinski definition) is 1. The van der Waals surface area contributed by atoms with E-state index < -0.39 is 6.04 Å². The van der Waals surface area contributed by atoms with Crippen molar-refractivity contribution in [3.63, 3.8) is 0 Å². The molecule has 15 heavy (non-hydrogen) atoms. The van der Waals surface area contributed by atoms with Crippen LogP contribution in [-0.2, 0) is 0 Å². The van der Waals surface area contributed by atoms with E-state index >= 15 is 0 Å². The fourth-order valence-corrected chi connectivity index (χ4v) is 2.26. The molecule has 0 fully saturated rings. The first-order valence-electron chi connectivity index (χ1n) is 4.28. The van der Waals surface area contributed by atoms with Gasteiger partial charge in [0.25, 0.3) is 0 Å². The molecule has 2 nitrogen and oxygen atoms in total. The van der Waals surface area contributed by atoms with Crippen LogP contribution in [0.2, 0.25) is 0 Å². The average molecular weight is 287 g/mol. The first-order chi connectivity index (χ1) is 7.18. The van der Waals surface area contributed by atoms with E-state index in [2.05, 4.69) is 20.9 Å². The highest BCUT2D eigenvalue weighted by molar-refractivity contribution is 9.10. The van der Waals surface area contributed by atoms with Gasteiger partial charge in [0.1, 0.15) is 10.8 Å². The van der Waals surface area contributed by atoms with Crippen LogP contribution in [0.15, 0.2) is 34.2 Å². The molecule has 0 spiro atoms. The van der Waals surface area contributed by atoms with E-state index in [9.17, 15) is 4.39 Å². The van der Waals surface area contributed by atoms with Gasteiger partial charge in [0.05, 0.1) is 6.04 Å². The minimum absolute atomic E-state index is 0.313. The van der Waals surface area contributed by atoms with Gasteiger partial charge in [-0.15, -0.1) is 11.3 Å². The summed E-state index contributed by atoms with van der Waals surface area (Å²) in [5.74, 6) is -0.313. The Morgan fingerprint density at radius 1 is 1.47 bits per heavy atom. The molecule has 2 aromatic rings. The van der Waals surface area contributed by atoms with Crippen LogP contribution >= 0.6 is 27.3 Å². The number of thiazole rings is 1. The molecule has 0 bridgehead atoms. The minimum Gasteiger partial charge on any atom is -0.318 e. The first kappa shape index (κ1) is 10.7. The maximum absolute atomic E-state index is 13.6. The van der Waals surface area contributed by atoms with E-state index in [1.54, 1.807) is 18.3 Å². The molecule has 0 saturated carbocycles. The molecular weight excluding hydrogens is 279 g/mol. The first-order valence-corrected chi connectivity index (χ1v) is 5.95. The van der Waals surface area contributed by atoms with Gasteiger partial charge in [-0.05, 0) is 12.1 Å². The molecular formula is C10H8BrFN2S. The zero-order chi connectivity index (χ0) is 10.8. The molecule has 78 valence electrons. The zero-order valence-electron chi connectivity index (χ0n) is 7.65. The third-order valence-electron chi connectivity index (χ3n) is 2.02. The lowest BCUT2D eigenvalue weighted by Gasteiger charge is -2.09. The highest BCUT2D eigenvalue weighted by Gasteiger charge is 2.15. The monoisotopic (exact) mass is 286 g/mol. The van der Waals surface area contributed by atoms with E-state index in [4.69, 9.17) is 5.73 Å². The lowest BCUT2D eigenvalue weighted by atomic mass is 10.1. The Bertz CT molecular complexity index is 458. The second-order valence-corrected chi connectivity index (χ2v) is 4.86. The molecule has 1 heterocycles. The number of aromatic nitrogens is 1. The Morgan fingerprint density at radius 2 is 2.27 bits per heavy atom. The smallest absolute Gasteiger partial charge is 0.129 e. The van der Waals surface area contributed by atoms with E-state index in [1.165, 1.54) is 17.4 Å². The van der Waals surface area contributed by atoms with Crippen LogP contribution in [0, 0.1) is 5.82 Å². The second kappa shape index (κ2) is 4.38. The molecule has 1 unspecified atom stereocenters. The molecule has 1 aromatic heterocycles. The van der Waals surface area contributed by atoms with Crippen LogP contribution in [0.3, 0.4) is 0 Å². The number of hydrogen-bond acceptors (Lipinski definition) is 3. The molecule has 0 aliphatic heterocycles. The van der Waals surface area contributed by atoms with Gasteiger partial charge in [-0.25, -0.2) is 9.37 Å². The number of nitrogens with two attached hydrogens (primary N) is 1. The van der Waals surface area contributed by atoms with Gasteiger partial charge in [-0.1, -0.05) is 22.0 Å². The summed E-state index contributed by atoms with van der Waals surface area (Å²) in [7, 11) is 0. The van der Waals surface area contributed by atoms with Crippen LogP contribution in [0.25, 0.3) is 0 Å². The highest BCUT2D eigenvalue weighted by atomic mass is 79.9. The molecule has 2 rings (SSSR count). The Labute approximate surface area is 99.1 Å². The van der Waals surface area contributed by atoms with Crippen LogP contribution in [0.5, 0.6) is 0 Å². The molecule has 0 aliphatic carbocycles. The summed E-state index contributed by atoms with van der Waals surface area (Å²) in [5, 5.41) is 2.54. The van der Waals surface area contributed by atoms with Gasteiger partial charge in [-0.3, -0.25) is 0 Å². The lowest BCUT2D eigenvalue weighted by Crippen LogP contribution is -2.13. The minimum atomic E-state index is -0.488. The van der Waals surface area contributed by atoms with Crippen molar-refractivity contribution < 1.29 is 4.39 Å². The molecule has 0 amide bonds. The molecule has 2 N–H and O–H groups in total. The quantitative estimate of drug-likeness (QED) is 0.921. The molecule has 5 heteroatoms. The number of halogens is 2. The van der Waals surface area contributed by atoms with Gasteiger partial charge in [0.15, 0.2) is 0 Å². The summed E-state index contributed by atoms with van der Waals surface area (Å²) < 4.78 is 14.3. The topological polar surface area (TPSA) is 38.9 Å². The summed E-state index contributed by atoms with van der Waals surface area (Å²) >= 11 is 4.62. The summed E-state index contributed by atoms with van der Waals surface area (Å²) in [4.78, 5) is 4.07. The molecule has 0 saturated heterocycles. The Morgan fingerprint density at radius 3 is 2.87 bits per heavy atom. The molecule has 0 radical (unpaired) electrons. The van der Waals surface area contributed by atoms with Crippen molar-refractivity contribution in [2.75, 3.05) is 0 Å². The zero-order valence-corrected chi connectivity index (χ0v) is 10.1. The molecule has 1 atom stereocenters. The van der Waals surface area contributed by atoms with Crippen molar-refractivity contribution in [3.05, 3.63) is 50.6 Å². The van der Waals surface area contributed by atoms with Crippen molar-refractivity contribution in [2.45, 2.75) is 6.04 Å². The summed E-state index contributed by atoms with van der Waals surface area (Å²) in [6.07, 6.45) is 1.66. The van der Waals surface area contributed by atoms with Crippen LogP contribution in [-0.4, -0.2) is 4.98 Å². The van der Waals surface area contributed by atoms with E-state index in [1.807, 2.05) is 5.38 Å². The van der Waals surface area contributed by atoms with Crippen molar-refractivity contribution in [2.24, 2.45) is 5.73 Å².